The Morgan fingerprint density at radius 1 is 1.40 bits per heavy atom. The summed E-state index contributed by atoms with van der Waals surface area (Å²) in [5.41, 5.74) is 1.45. The largest absolute Gasteiger partial charge is 0.378 e. The predicted octanol–water partition coefficient (Wildman–Crippen LogP) is 2.50. The molecular formula is C12H18N2O. The van der Waals surface area contributed by atoms with Gasteiger partial charge < -0.3 is 9.30 Å². The first-order valence-corrected chi connectivity index (χ1v) is 5.98. The first-order chi connectivity index (χ1) is 7.34. The van der Waals surface area contributed by atoms with Crippen molar-refractivity contribution < 1.29 is 4.74 Å². The molecule has 0 spiro atoms. The zero-order valence-electron chi connectivity index (χ0n) is 9.22. The molecule has 1 aliphatic carbocycles. The van der Waals surface area contributed by atoms with E-state index < -0.39 is 0 Å². The van der Waals surface area contributed by atoms with Crippen LogP contribution >= 0.6 is 0 Å². The average molecular weight is 206 g/mol. The van der Waals surface area contributed by atoms with Crippen molar-refractivity contribution in [2.45, 2.75) is 50.7 Å². The third kappa shape index (κ3) is 1.81. The van der Waals surface area contributed by atoms with Crippen LogP contribution in [-0.2, 0) is 4.74 Å². The van der Waals surface area contributed by atoms with Crippen LogP contribution in [0.1, 0.15) is 50.3 Å². The van der Waals surface area contributed by atoms with Crippen LogP contribution in [0.2, 0.25) is 0 Å². The summed E-state index contributed by atoms with van der Waals surface area (Å²) in [4.78, 5) is 4.31. The van der Waals surface area contributed by atoms with Crippen molar-refractivity contribution in [3.63, 3.8) is 0 Å². The van der Waals surface area contributed by atoms with Gasteiger partial charge in [0, 0.05) is 30.5 Å². The van der Waals surface area contributed by atoms with Gasteiger partial charge >= 0.3 is 0 Å². The number of nitrogens with zero attached hydrogens (tertiary/aromatic N) is 2. The van der Waals surface area contributed by atoms with Crippen LogP contribution in [0, 0.1) is 0 Å². The van der Waals surface area contributed by atoms with Crippen molar-refractivity contribution in [2.24, 2.45) is 0 Å². The zero-order valence-corrected chi connectivity index (χ0v) is 9.22. The van der Waals surface area contributed by atoms with E-state index in [4.69, 9.17) is 4.74 Å². The van der Waals surface area contributed by atoms with Gasteiger partial charge in [0.2, 0.25) is 0 Å². The normalized spacial score (nSPS) is 31.8. The minimum absolute atomic E-state index is 0.401. The number of imidazole rings is 1. The number of ether oxygens (including phenoxy) is 1. The summed E-state index contributed by atoms with van der Waals surface area (Å²) in [6, 6.07) is 0.617. The molecule has 1 aromatic rings. The monoisotopic (exact) mass is 206 g/mol. The molecule has 0 N–H and O–H groups in total. The molecule has 1 aliphatic heterocycles. The smallest absolute Gasteiger partial charge is 0.0950 e. The Morgan fingerprint density at radius 3 is 3.00 bits per heavy atom. The van der Waals surface area contributed by atoms with Crippen molar-refractivity contribution in [3.05, 3.63) is 18.2 Å². The number of aromatic nitrogens is 2. The molecule has 2 fully saturated rings. The minimum atomic E-state index is 0.401. The number of rotatable bonds is 2. The predicted molar refractivity (Wildman–Crippen MR) is 57.9 cm³/mol. The summed E-state index contributed by atoms with van der Waals surface area (Å²) < 4.78 is 7.99. The maximum absolute atomic E-state index is 5.59. The van der Waals surface area contributed by atoms with Gasteiger partial charge in [-0.05, 0) is 32.6 Å². The summed E-state index contributed by atoms with van der Waals surface area (Å²) in [6.07, 6.45) is 9.44. The molecule has 0 bridgehead atoms. The van der Waals surface area contributed by atoms with Gasteiger partial charge in [-0.2, -0.15) is 0 Å². The average Bonchev–Trinajstić information content (AvgIpc) is 2.96. The van der Waals surface area contributed by atoms with Crippen LogP contribution in [0.5, 0.6) is 0 Å². The molecule has 2 unspecified atom stereocenters. The molecule has 1 aromatic heterocycles. The van der Waals surface area contributed by atoms with Gasteiger partial charge in [0.25, 0.3) is 0 Å². The van der Waals surface area contributed by atoms with Crippen LogP contribution in [0.25, 0.3) is 0 Å². The topological polar surface area (TPSA) is 27.1 Å². The molecule has 1 saturated heterocycles. The van der Waals surface area contributed by atoms with Crippen molar-refractivity contribution in [2.75, 3.05) is 6.61 Å². The lowest BCUT2D eigenvalue weighted by Gasteiger charge is -2.29. The third-order valence-electron chi connectivity index (χ3n) is 3.54. The summed E-state index contributed by atoms with van der Waals surface area (Å²) in [6.45, 7) is 3.06. The highest BCUT2D eigenvalue weighted by molar-refractivity contribution is 5.13. The van der Waals surface area contributed by atoms with Gasteiger partial charge in [-0.15, -0.1) is 0 Å². The van der Waals surface area contributed by atoms with E-state index in [0.717, 1.165) is 25.4 Å². The van der Waals surface area contributed by atoms with E-state index in [1.165, 1.54) is 18.5 Å². The minimum Gasteiger partial charge on any atom is -0.378 e. The standard InChI is InChI=1S/C12H18N2O/c1-9-6-11(4-5-15-9)14-8-13-7-12(14)10-2-3-10/h7-11H,2-6H2,1H3. The van der Waals surface area contributed by atoms with Crippen LogP contribution in [0.4, 0.5) is 0 Å². The van der Waals surface area contributed by atoms with Crippen molar-refractivity contribution in [1.82, 2.24) is 9.55 Å². The van der Waals surface area contributed by atoms with Crippen LogP contribution in [0.3, 0.4) is 0 Å². The Labute approximate surface area is 90.5 Å². The Bertz CT molecular complexity index is 343. The lowest BCUT2D eigenvalue weighted by atomic mass is 10.0. The third-order valence-corrected chi connectivity index (χ3v) is 3.54. The van der Waals surface area contributed by atoms with Gasteiger partial charge in [0.1, 0.15) is 0 Å². The maximum atomic E-state index is 5.59. The van der Waals surface area contributed by atoms with Gasteiger partial charge in [-0.3, -0.25) is 0 Å². The Morgan fingerprint density at radius 2 is 2.27 bits per heavy atom. The summed E-state index contributed by atoms with van der Waals surface area (Å²) >= 11 is 0. The summed E-state index contributed by atoms with van der Waals surface area (Å²) in [7, 11) is 0. The molecule has 0 aromatic carbocycles. The molecule has 15 heavy (non-hydrogen) atoms. The molecule has 2 heterocycles. The molecule has 3 rings (SSSR count). The van der Waals surface area contributed by atoms with E-state index in [1.54, 1.807) is 0 Å². The van der Waals surface area contributed by atoms with E-state index >= 15 is 0 Å². The van der Waals surface area contributed by atoms with Crippen LogP contribution < -0.4 is 0 Å². The van der Waals surface area contributed by atoms with Gasteiger partial charge in [0.05, 0.1) is 12.4 Å². The van der Waals surface area contributed by atoms with E-state index in [-0.39, 0.29) is 0 Å². The number of hydrogen-bond acceptors (Lipinski definition) is 2. The first-order valence-electron chi connectivity index (χ1n) is 5.98. The first kappa shape index (κ1) is 9.40. The van der Waals surface area contributed by atoms with E-state index in [1.807, 2.05) is 6.33 Å². The molecule has 82 valence electrons. The highest BCUT2D eigenvalue weighted by Crippen LogP contribution is 2.41. The Balaban J connectivity index is 1.81. The maximum Gasteiger partial charge on any atom is 0.0950 e. The molecule has 3 heteroatoms. The number of hydrogen-bond donors (Lipinski definition) is 0. The fourth-order valence-corrected chi connectivity index (χ4v) is 2.54. The molecule has 2 aliphatic rings. The second-order valence-electron chi connectivity index (χ2n) is 4.86. The molecule has 2 atom stereocenters. The molecular weight excluding hydrogens is 188 g/mol. The second kappa shape index (κ2) is 3.63. The second-order valence-corrected chi connectivity index (χ2v) is 4.86. The quantitative estimate of drug-likeness (QED) is 0.743. The van der Waals surface area contributed by atoms with E-state index in [9.17, 15) is 0 Å². The highest BCUT2D eigenvalue weighted by atomic mass is 16.5. The Hall–Kier alpha value is -0.830. The lowest BCUT2D eigenvalue weighted by molar-refractivity contribution is 0.00545. The summed E-state index contributed by atoms with van der Waals surface area (Å²) in [5.74, 6) is 0.797. The van der Waals surface area contributed by atoms with Crippen molar-refractivity contribution in [1.29, 1.82) is 0 Å². The molecule has 0 amide bonds. The van der Waals surface area contributed by atoms with Crippen molar-refractivity contribution in [3.8, 4) is 0 Å². The van der Waals surface area contributed by atoms with Gasteiger partial charge in [0.15, 0.2) is 0 Å². The lowest BCUT2D eigenvalue weighted by Crippen LogP contribution is -2.26. The zero-order chi connectivity index (χ0) is 10.3. The van der Waals surface area contributed by atoms with Gasteiger partial charge in [-0.1, -0.05) is 0 Å². The molecule has 3 nitrogen and oxygen atoms in total. The van der Waals surface area contributed by atoms with E-state index in [2.05, 4.69) is 22.7 Å². The fourth-order valence-electron chi connectivity index (χ4n) is 2.54. The van der Waals surface area contributed by atoms with Crippen molar-refractivity contribution >= 4 is 0 Å². The molecule has 1 saturated carbocycles. The SMILES string of the molecule is CC1CC(n2cncc2C2CC2)CCO1. The summed E-state index contributed by atoms with van der Waals surface area (Å²) in [5, 5.41) is 0. The van der Waals surface area contributed by atoms with E-state index in [0.29, 0.717) is 12.1 Å². The highest BCUT2D eigenvalue weighted by Gasteiger charge is 2.30. The van der Waals surface area contributed by atoms with Gasteiger partial charge in [-0.25, -0.2) is 4.98 Å². The Kier molecular flexibility index (Phi) is 2.28. The van der Waals surface area contributed by atoms with Crippen LogP contribution in [0.15, 0.2) is 12.5 Å². The molecule has 0 radical (unpaired) electrons. The fraction of sp³-hybridized carbons (Fsp3) is 0.750. The van der Waals surface area contributed by atoms with Crippen LogP contribution in [-0.4, -0.2) is 22.3 Å².